The van der Waals surface area contributed by atoms with E-state index in [1.54, 1.807) is 11.3 Å². The molecule has 94 valence electrons. The van der Waals surface area contributed by atoms with Crippen LogP contribution in [0.4, 0.5) is 0 Å². The van der Waals surface area contributed by atoms with Crippen LogP contribution >= 0.6 is 22.9 Å². The molecule has 2 aliphatic rings. The van der Waals surface area contributed by atoms with Crippen molar-refractivity contribution in [2.75, 3.05) is 6.54 Å². The molecule has 1 saturated carbocycles. The lowest BCUT2D eigenvalue weighted by Crippen LogP contribution is -2.33. The molecule has 2 atom stereocenters. The third-order valence-corrected chi connectivity index (χ3v) is 5.06. The summed E-state index contributed by atoms with van der Waals surface area (Å²) in [6, 6.07) is 6.42. The van der Waals surface area contributed by atoms with Crippen molar-refractivity contribution in [3.05, 3.63) is 21.3 Å². The van der Waals surface area contributed by atoms with Crippen LogP contribution in [0, 0.1) is 0 Å². The molecule has 0 amide bonds. The molecule has 3 rings (SSSR count). The lowest BCUT2D eigenvalue weighted by Gasteiger charge is -2.19. The summed E-state index contributed by atoms with van der Waals surface area (Å²) >= 11 is 7.62. The Morgan fingerprint density at radius 2 is 2.29 bits per heavy atom. The number of halogens is 1. The Kier molecular flexibility index (Phi) is 3.44. The number of thiophene rings is 1. The van der Waals surface area contributed by atoms with Gasteiger partial charge in [0.2, 0.25) is 0 Å². The Morgan fingerprint density at radius 3 is 2.94 bits per heavy atom. The number of hydrogen-bond acceptors (Lipinski definition) is 3. The molecule has 2 heterocycles. The number of nitrogens with one attached hydrogen (secondary N) is 1. The summed E-state index contributed by atoms with van der Waals surface area (Å²) in [6.07, 6.45) is 4.12. The van der Waals surface area contributed by atoms with Gasteiger partial charge in [-0.3, -0.25) is 4.90 Å². The molecule has 2 nitrogen and oxygen atoms in total. The molecule has 17 heavy (non-hydrogen) atoms. The third kappa shape index (κ3) is 2.84. The van der Waals surface area contributed by atoms with Gasteiger partial charge in [0.25, 0.3) is 0 Å². The van der Waals surface area contributed by atoms with Crippen LogP contribution in [0.2, 0.25) is 4.34 Å². The van der Waals surface area contributed by atoms with E-state index in [1.165, 1.54) is 30.7 Å². The molecule has 0 bridgehead atoms. The molecule has 0 radical (unpaired) electrons. The van der Waals surface area contributed by atoms with Crippen molar-refractivity contribution in [2.24, 2.45) is 0 Å². The van der Waals surface area contributed by atoms with Crippen molar-refractivity contribution in [2.45, 2.75) is 50.9 Å². The van der Waals surface area contributed by atoms with E-state index in [4.69, 9.17) is 11.6 Å². The van der Waals surface area contributed by atoms with Crippen LogP contribution in [0.1, 0.15) is 31.1 Å². The molecule has 2 fully saturated rings. The molecular weight excluding hydrogens is 252 g/mol. The highest BCUT2D eigenvalue weighted by atomic mass is 35.5. The first kappa shape index (κ1) is 12.0. The lowest BCUT2D eigenvalue weighted by atomic mass is 10.2. The highest BCUT2D eigenvalue weighted by molar-refractivity contribution is 7.16. The topological polar surface area (TPSA) is 15.3 Å². The Balaban J connectivity index is 1.49. The van der Waals surface area contributed by atoms with Gasteiger partial charge in [-0.25, -0.2) is 0 Å². The lowest BCUT2D eigenvalue weighted by molar-refractivity contribution is 0.255. The normalized spacial score (nSPS) is 30.0. The average molecular weight is 271 g/mol. The molecule has 0 aromatic carbocycles. The fourth-order valence-electron chi connectivity index (χ4n) is 2.81. The van der Waals surface area contributed by atoms with Crippen LogP contribution in [-0.2, 0) is 6.54 Å². The van der Waals surface area contributed by atoms with Crippen LogP contribution in [0.5, 0.6) is 0 Å². The Labute approximate surface area is 112 Å². The van der Waals surface area contributed by atoms with Crippen LogP contribution in [0.25, 0.3) is 0 Å². The van der Waals surface area contributed by atoms with Crippen molar-refractivity contribution in [1.82, 2.24) is 10.2 Å². The maximum Gasteiger partial charge on any atom is 0.0931 e. The van der Waals surface area contributed by atoms with Gasteiger partial charge in [-0.05, 0) is 38.3 Å². The van der Waals surface area contributed by atoms with Crippen LogP contribution in [-0.4, -0.2) is 29.6 Å². The maximum atomic E-state index is 5.93. The number of likely N-dealkylation sites (tertiary alicyclic amines) is 1. The van der Waals surface area contributed by atoms with E-state index >= 15 is 0 Å². The maximum absolute atomic E-state index is 5.93. The van der Waals surface area contributed by atoms with Gasteiger partial charge in [-0.2, -0.15) is 0 Å². The Morgan fingerprint density at radius 1 is 1.47 bits per heavy atom. The standard InChI is InChI=1S/C13H19ClN2S/c1-9-6-10(8-16(9)11-2-3-11)15-7-12-4-5-13(14)17-12/h4-5,9-11,15H,2-3,6-8H2,1H3. The minimum absolute atomic E-state index is 0.659. The first-order valence-corrected chi connectivity index (χ1v) is 7.65. The fraction of sp³-hybridized carbons (Fsp3) is 0.692. The van der Waals surface area contributed by atoms with Crippen LogP contribution in [0.15, 0.2) is 12.1 Å². The van der Waals surface area contributed by atoms with Gasteiger partial charge in [-0.1, -0.05) is 11.6 Å². The van der Waals surface area contributed by atoms with Crippen molar-refractivity contribution < 1.29 is 0 Å². The van der Waals surface area contributed by atoms with E-state index in [-0.39, 0.29) is 0 Å². The number of nitrogens with zero attached hydrogens (tertiary/aromatic N) is 1. The number of hydrogen-bond donors (Lipinski definition) is 1. The van der Waals surface area contributed by atoms with E-state index < -0.39 is 0 Å². The van der Waals surface area contributed by atoms with E-state index in [2.05, 4.69) is 23.2 Å². The summed E-state index contributed by atoms with van der Waals surface area (Å²) in [7, 11) is 0. The second-order valence-corrected chi connectivity index (χ2v) is 7.10. The smallest absolute Gasteiger partial charge is 0.0931 e. The highest BCUT2D eigenvalue weighted by Crippen LogP contribution is 2.33. The quantitative estimate of drug-likeness (QED) is 0.904. The van der Waals surface area contributed by atoms with Gasteiger partial charge in [0.05, 0.1) is 4.34 Å². The largest absolute Gasteiger partial charge is 0.308 e. The minimum atomic E-state index is 0.659. The van der Waals surface area contributed by atoms with E-state index in [9.17, 15) is 0 Å². The second-order valence-electron chi connectivity index (χ2n) is 5.30. The van der Waals surface area contributed by atoms with Gasteiger partial charge in [0.1, 0.15) is 0 Å². The minimum Gasteiger partial charge on any atom is -0.308 e. The molecule has 4 heteroatoms. The first-order chi connectivity index (χ1) is 8.22. The van der Waals surface area contributed by atoms with E-state index in [0.717, 1.165) is 23.0 Å². The zero-order valence-corrected chi connectivity index (χ0v) is 11.7. The Hall–Kier alpha value is -0.0900. The van der Waals surface area contributed by atoms with Gasteiger partial charge in [0, 0.05) is 36.1 Å². The number of rotatable bonds is 4. The summed E-state index contributed by atoms with van der Waals surface area (Å²) in [5, 5.41) is 3.66. The Bertz CT molecular complexity index is 389. The monoisotopic (exact) mass is 270 g/mol. The van der Waals surface area contributed by atoms with Gasteiger partial charge in [0.15, 0.2) is 0 Å². The van der Waals surface area contributed by atoms with Crippen molar-refractivity contribution in [3.63, 3.8) is 0 Å². The first-order valence-electron chi connectivity index (χ1n) is 6.45. The summed E-state index contributed by atoms with van der Waals surface area (Å²) < 4.78 is 0.890. The van der Waals surface area contributed by atoms with E-state index in [1.807, 2.05) is 6.07 Å². The third-order valence-electron chi connectivity index (χ3n) is 3.83. The zero-order chi connectivity index (χ0) is 11.8. The van der Waals surface area contributed by atoms with Gasteiger partial charge >= 0.3 is 0 Å². The molecule has 1 N–H and O–H groups in total. The predicted molar refractivity (Wildman–Crippen MR) is 73.8 cm³/mol. The molecule has 2 unspecified atom stereocenters. The summed E-state index contributed by atoms with van der Waals surface area (Å²) in [6.45, 7) is 4.56. The highest BCUT2D eigenvalue weighted by Gasteiger charge is 2.38. The zero-order valence-electron chi connectivity index (χ0n) is 10.2. The van der Waals surface area contributed by atoms with Gasteiger partial charge in [-0.15, -0.1) is 11.3 Å². The molecule has 1 aliphatic carbocycles. The molecule has 0 spiro atoms. The summed E-state index contributed by atoms with van der Waals surface area (Å²) in [5.74, 6) is 0. The van der Waals surface area contributed by atoms with Crippen molar-refractivity contribution in [3.8, 4) is 0 Å². The van der Waals surface area contributed by atoms with Crippen LogP contribution in [0.3, 0.4) is 0 Å². The van der Waals surface area contributed by atoms with Gasteiger partial charge < -0.3 is 5.32 Å². The van der Waals surface area contributed by atoms with Crippen molar-refractivity contribution >= 4 is 22.9 Å². The molecule has 1 aliphatic heterocycles. The summed E-state index contributed by atoms with van der Waals surface area (Å²) in [4.78, 5) is 4.02. The molecular formula is C13H19ClN2S. The predicted octanol–water partition coefficient (Wildman–Crippen LogP) is 3.12. The second kappa shape index (κ2) is 4.88. The average Bonchev–Trinajstić information content (AvgIpc) is 2.95. The molecule has 1 aromatic rings. The van der Waals surface area contributed by atoms with Crippen LogP contribution < -0.4 is 5.32 Å². The van der Waals surface area contributed by atoms with Crippen molar-refractivity contribution in [1.29, 1.82) is 0 Å². The fourth-order valence-corrected chi connectivity index (χ4v) is 3.85. The SMILES string of the molecule is CC1CC(NCc2ccc(Cl)s2)CN1C1CC1. The summed E-state index contributed by atoms with van der Waals surface area (Å²) in [5.41, 5.74) is 0. The van der Waals surface area contributed by atoms with E-state index in [0.29, 0.717) is 6.04 Å². The molecule has 1 aromatic heterocycles. The molecule has 1 saturated heterocycles.